The van der Waals surface area contributed by atoms with E-state index in [1.165, 1.54) is 0 Å². The van der Waals surface area contributed by atoms with Crippen molar-refractivity contribution in [2.45, 2.75) is 13.3 Å². The average molecular weight is 187 g/mol. The number of ketones is 1. The second-order valence-corrected chi connectivity index (χ2v) is 3.65. The van der Waals surface area contributed by atoms with Crippen LogP contribution in [0.5, 0.6) is 0 Å². The third-order valence-electron chi connectivity index (χ3n) is 2.29. The lowest BCUT2D eigenvalue weighted by atomic mass is 10.1. The summed E-state index contributed by atoms with van der Waals surface area (Å²) in [6, 6.07) is 9.98. The first-order valence-electron chi connectivity index (χ1n) is 4.76. The minimum absolute atomic E-state index is 0.286. The van der Waals surface area contributed by atoms with Gasteiger partial charge in [0.15, 0.2) is 5.78 Å². The third kappa shape index (κ3) is 1.84. The summed E-state index contributed by atoms with van der Waals surface area (Å²) in [5.74, 6) is 0.286. The molecule has 0 saturated heterocycles. The Morgan fingerprint density at radius 3 is 2.57 bits per heavy atom. The van der Waals surface area contributed by atoms with E-state index in [-0.39, 0.29) is 5.78 Å². The molecule has 72 valence electrons. The van der Waals surface area contributed by atoms with Crippen molar-refractivity contribution in [3.8, 4) is 0 Å². The van der Waals surface area contributed by atoms with E-state index in [0.717, 1.165) is 11.3 Å². The average Bonchev–Trinajstić information content (AvgIpc) is 2.18. The highest BCUT2D eigenvalue weighted by Gasteiger charge is 2.15. The number of anilines is 1. The molecule has 1 aliphatic rings. The van der Waals surface area contributed by atoms with Gasteiger partial charge in [0.1, 0.15) is 0 Å². The van der Waals surface area contributed by atoms with Gasteiger partial charge in [0.25, 0.3) is 0 Å². The zero-order valence-corrected chi connectivity index (χ0v) is 8.23. The van der Waals surface area contributed by atoms with Crippen molar-refractivity contribution in [2.24, 2.45) is 0 Å². The highest BCUT2D eigenvalue weighted by Crippen LogP contribution is 2.19. The quantitative estimate of drug-likeness (QED) is 0.672. The lowest BCUT2D eigenvalue weighted by Gasteiger charge is -2.24. The molecule has 0 fully saturated rings. The van der Waals surface area contributed by atoms with Gasteiger partial charge in [0.2, 0.25) is 0 Å². The van der Waals surface area contributed by atoms with Gasteiger partial charge in [0, 0.05) is 18.3 Å². The fraction of sp³-hybridized carbons (Fsp3) is 0.250. The molecule has 2 heteroatoms. The lowest BCUT2D eigenvalue weighted by Crippen LogP contribution is -2.29. The van der Waals surface area contributed by atoms with Crippen molar-refractivity contribution in [2.75, 3.05) is 11.4 Å². The van der Waals surface area contributed by atoms with Gasteiger partial charge in [-0.05, 0) is 24.6 Å². The molecule has 2 rings (SSSR count). The summed E-state index contributed by atoms with van der Waals surface area (Å²) in [6.07, 6.45) is 2.65. The van der Waals surface area contributed by atoms with Crippen LogP contribution in [-0.4, -0.2) is 12.3 Å². The van der Waals surface area contributed by atoms with Crippen molar-refractivity contribution in [1.82, 2.24) is 0 Å². The summed E-state index contributed by atoms with van der Waals surface area (Å²) < 4.78 is 0. The Morgan fingerprint density at radius 1 is 1.21 bits per heavy atom. The van der Waals surface area contributed by atoms with Crippen LogP contribution >= 0.6 is 0 Å². The summed E-state index contributed by atoms with van der Waals surface area (Å²) >= 11 is 0. The predicted molar refractivity (Wildman–Crippen MR) is 57.2 cm³/mol. The summed E-state index contributed by atoms with van der Waals surface area (Å²) in [5.41, 5.74) is 2.21. The molecule has 0 unspecified atom stereocenters. The first-order chi connectivity index (χ1) is 6.75. The molecule has 1 heterocycles. The van der Waals surface area contributed by atoms with Crippen LogP contribution < -0.4 is 4.90 Å². The molecule has 1 aromatic carbocycles. The molecule has 0 radical (unpaired) electrons. The Balaban J connectivity index is 2.28. The van der Waals surface area contributed by atoms with Gasteiger partial charge in [-0.25, -0.2) is 0 Å². The Kier molecular flexibility index (Phi) is 2.35. The van der Waals surface area contributed by atoms with E-state index in [9.17, 15) is 4.79 Å². The lowest BCUT2D eigenvalue weighted by molar-refractivity contribution is -0.117. The molecule has 0 N–H and O–H groups in total. The molecular weight excluding hydrogens is 174 g/mol. The summed E-state index contributed by atoms with van der Waals surface area (Å²) in [7, 11) is 0. The maximum absolute atomic E-state index is 11.4. The Labute approximate surface area is 83.8 Å². The van der Waals surface area contributed by atoms with Crippen LogP contribution in [0.1, 0.15) is 13.3 Å². The molecule has 0 spiro atoms. The molecule has 0 aliphatic carbocycles. The number of rotatable bonds is 1. The minimum atomic E-state index is 0.286. The van der Waals surface area contributed by atoms with Crippen molar-refractivity contribution in [3.05, 3.63) is 42.1 Å². The van der Waals surface area contributed by atoms with Gasteiger partial charge in [-0.1, -0.05) is 18.2 Å². The number of benzene rings is 1. The molecule has 14 heavy (non-hydrogen) atoms. The monoisotopic (exact) mass is 187 g/mol. The van der Waals surface area contributed by atoms with E-state index in [1.807, 2.05) is 42.2 Å². The molecule has 0 amide bonds. The Morgan fingerprint density at radius 2 is 1.93 bits per heavy atom. The van der Waals surface area contributed by atoms with Gasteiger partial charge in [0.05, 0.1) is 6.54 Å². The van der Waals surface area contributed by atoms with Crippen molar-refractivity contribution < 1.29 is 4.79 Å². The molecule has 0 atom stereocenters. The van der Waals surface area contributed by atoms with Crippen molar-refractivity contribution in [3.63, 3.8) is 0 Å². The van der Waals surface area contributed by atoms with Crippen LogP contribution in [-0.2, 0) is 4.79 Å². The largest absolute Gasteiger partial charge is 0.341 e. The van der Waals surface area contributed by atoms with E-state index in [4.69, 9.17) is 0 Å². The smallest absolute Gasteiger partial charge is 0.156 e. The summed E-state index contributed by atoms with van der Waals surface area (Å²) in [4.78, 5) is 13.4. The van der Waals surface area contributed by atoms with Crippen LogP contribution in [0.25, 0.3) is 0 Å². The normalized spacial score (nSPS) is 16.8. The SMILES string of the molecule is CC1=CN(c2ccccc2)CC(=O)C1. The van der Waals surface area contributed by atoms with Crippen LogP contribution in [0.2, 0.25) is 0 Å². The highest BCUT2D eigenvalue weighted by atomic mass is 16.1. The first kappa shape index (κ1) is 9.00. The predicted octanol–water partition coefficient (Wildman–Crippen LogP) is 2.37. The first-order valence-corrected chi connectivity index (χ1v) is 4.76. The molecular formula is C12H13NO. The minimum Gasteiger partial charge on any atom is -0.341 e. The zero-order chi connectivity index (χ0) is 9.97. The highest BCUT2D eigenvalue weighted by molar-refractivity contribution is 5.87. The second-order valence-electron chi connectivity index (χ2n) is 3.65. The zero-order valence-electron chi connectivity index (χ0n) is 8.23. The standard InChI is InChI=1S/C12H13NO/c1-10-7-12(14)9-13(8-10)11-5-3-2-4-6-11/h2-6,8H,7,9H2,1H3. The number of carbonyl (C=O) groups is 1. The number of allylic oxidation sites excluding steroid dienone is 1. The van der Waals surface area contributed by atoms with Gasteiger partial charge >= 0.3 is 0 Å². The maximum Gasteiger partial charge on any atom is 0.156 e. The number of hydrogen-bond acceptors (Lipinski definition) is 2. The van der Waals surface area contributed by atoms with Gasteiger partial charge in [-0.15, -0.1) is 0 Å². The summed E-state index contributed by atoms with van der Waals surface area (Å²) in [5, 5.41) is 0. The number of Topliss-reactive ketones (excluding diaryl/α,β-unsaturated/α-hetero) is 1. The second kappa shape index (κ2) is 3.66. The number of hydrogen-bond donors (Lipinski definition) is 0. The molecule has 1 aromatic rings. The molecule has 0 aromatic heterocycles. The van der Waals surface area contributed by atoms with Gasteiger partial charge in [-0.2, -0.15) is 0 Å². The van der Waals surface area contributed by atoms with Gasteiger partial charge < -0.3 is 4.90 Å². The third-order valence-corrected chi connectivity index (χ3v) is 2.29. The maximum atomic E-state index is 11.4. The molecule has 1 aliphatic heterocycles. The molecule has 0 saturated carbocycles. The topological polar surface area (TPSA) is 20.3 Å². The Hall–Kier alpha value is -1.57. The number of nitrogens with zero attached hydrogens (tertiary/aromatic N) is 1. The van der Waals surface area contributed by atoms with E-state index in [1.54, 1.807) is 0 Å². The molecule has 2 nitrogen and oxygen atoms in total. The van der Waals surface area contributed by atoms with Gasteiger partial charge in [-0.3, -0.25) is 4.79 Å². The fourth-order valence-electron chi connectivity index (χ4n) is 1.70. The number of para-hydroxylation sites is 1. The van der Waals surface area contributed by atoms with Crippen LogP contribution in [0, 0.1) is 0 Å². The van der Waals surface area contributed by atoms with E-state index < -0.39 is 0 Å². The van der Waals surface area contributed by atoms with Crippen molar-refractivity contribution >= 4 is 11.5 Å². The van der Waals surface area contributed by atoms with Crippen LogP contribution in [0.4, 0.5) is 5.69 Å². The Bertz CT molecular complexity index is 367. The van der Waals surface area contributed by atoms with E-state index in [2.05, 4.69) is 6.20 Å². The molecule has 0 bridgehead atoms. The summed E-state index contributed by atoms with van der Waals surface area (Å²) in [6.45, 7) is 2.49. The van der Waals surface area contributed by atoms with Crippen molar-refractivity contribution in [1.29, 1.82) is 0 Å². The number of carbonyl (C=O) groups excluding carboxylic acids is 1. The van der Waals surface area contributed by atoms with E-state index >= 15 is 0 Å². The van der Waals surface area contributed by atoms with E-state index in [0.29, 0.717) is 13.0 Å². The van der Waals surface area contributed by atoms with Crippen LogP contribution in [0.3, 0.4) is 0 Å². The van der Waals surface area contributed by atoms with Crippen LogP contribution in [0.15, 0.2) is 42.1 Å². The fourth-order valence-corrected chi connectivity index (χ4v) is 1.70.